The molecule has 0 radical (unpaired) electrons. The van der Waals surface area contributed by atoms with E-state index < -0.39 is 0 Å². The minimum Gasteiger partial charge on any atom is -0.382 e. The molecule has 100 valence electrons. The Balaban J connectivity index is 2.32. The molecule has 0 aromatic carbocycles. The van der Waals surface area contributed by atoms with Crippen molar-refractivity contribution in [2.75, 3.05) is 33.5 Å². The van der Waals surface area contributed by atoms with Crippen LogP contribution in [0, 0.1) is 0 Å². The minimum absolute atomic E-state index is 0.184. The van der Waals surface area contributed by atoms with Crippen molar-refractivity contribution < 1.29 is 14.3 Å². The Morgan fingerprint density at radius 1 is 1.28 bits per heavy atom. The number of ether oxygens (including phenoxy) is 2. The van der Waals surface area contributed by atoms with Gasteiger partial charge in [0, 0.05) is 19.2 Å². The van der Waals surface area contributed by atoms with Crippen molar-refractivity contribution in [3.8, 4) is 0 Å². The first-order chi connectivity index (χ1) is 8.63. The maximum absolute atomic E-state index is 11.7. The van der Waals surface area contributed by atoms with Gasteiger partial charge in [-0.1, -0.05) is 23.2 Å². The SMILES string of the molecule is COCCOCCNC(=O)c1cc(Cl)nc(Cl)c1. The predicted octanol–water partition coefficient (Wildman–Crippen LogP) is 1.78. The molecule has 0 bridgehead atoms. The Kier molecular flexibility index (Phi) is 6.97. The Hall–Kier alpha value is -0.880. The molecule has 1 N–H and O–H groups in total. The summed E-state index contributed by atoms with van der Waals surface area (Å²) in [5, 5.41) is 3.05. The Labute approximate surface area is 115 Å². The van der Waals surface area contributed by atoms with Crippen LogP contribution in [-0.2, 0) is 9.47 Å². The Bertz CT molecular complexity index is 382. The lowest BCUT2D eigenvalue weighted by molar-refractivity contribution is 0.0692. The summed E-state index contributed by atoms with van der Waals surface area (Å²) < 4.78 is 10.0. The fraction of sp³-hybridized carbons (Fsp3) is 0.455. The van der Waals surface area contributed by atoms with Crippen molar-refractivity contribution in [1.82, 2.24) is 10.3 Å². The lowest BCUT2D eigenvalue weighted by Crippen LogP contribution is -2.27. The van der Waals surface area contributed by atoms with E-state index in [-0.39, 0.29) is 16.2 Å². The number of nitrogens with one attached hydrogen (secondary N) is 1. The molecule has 0 saturated heterocycles. The maximum atomic E-state index is 11.7. The number of carbonyl (C=O) groups is 1. The molecule has 0 aliphatic heterocycles. The smallest absolute Gasteiger partial charge is 0.251 e. The van der Waals surface area contributed by atoms with E-state index in [9.17, 15) is 4.79 Å². The van der Waals surface area contributed by atoms with Crippen LogP contribution in [0.5, 0.6) is 0 Å². The van der Waals surface area contributed by atoms with Gasteiger partial charge in [0.05, 0.1) is 19.8 Å². The van der Waals surface area contributed by atoms with E-state index >= 15 is 0 Å². The zero-order valence-electron chi connectivity index (χ0n) is 9.91. The van der Waals surface area contributed by atoms with Crippen molar-refractivity contribution in [2.24, 2.45) is 0 Å². The van der Waals surface area contributed by atoms with Crippen molar-refractivity contribution >= 4 is 29.1 Å². The highest BCUT2D eigenvalue weighted by molar-refractivity contribution is 6.33. The molecule has 1 aromatic rings. The third kappa shape index (κ3) is 5.64. The lowest BCUT2D eigenvalue weighted by Gasteiger charge is -2.06. The van der Waals surface area contributed by atoms with Gasteiger partial charge in [0.25, 0.3) is 5.91 Å². The fourth-order valence-electron chi connectivity index (χ4n) is 1.18. The zero-order valence-corrected chi connectivity index (χ0v) is 11.4. The molecule has 0 unspecified atom stereocenters. The fourth-order valence-corrected chi connectivity index (χ4v) is 1.64. The highest BCUT2D eigenvalue weighted by Crippen LogP contribution is 2.14. The van der Waals surface area contributed by atoms with Crippen molar-refractivity contribution in [3.63, 3.8) is 0 Å². The lowest BCUT2D eigenvalue weighted by atomic mass is 10.2. The number of hydrogen-bond donors (Lipinski definition) is 1. The van der Waals surface area contributed by atoms with Gasteiger partial charge in [0.1, 0.15) is 10.3 Å². The molecule has 0 aliphatic rings. The number of hydrogen-bond acceptors (Lipinski definition) is 4. The second-order valence-electron chi connectivity index (χ2n) is 3.36. The first kappa shape index (κ1) is 15.2. The average molecular weight is 293 g/mol. The van der Waals surface area contributed by atoms with Gasteiger partial charge in [0.2, 0.25) is 0 Å². The number of carbonyl (C=O) groups excluding carboxylic acids is 1. The molecular formula is C11H14Cl2N2O3. The standard InChI is InChI=1S/C11H14Cl2N2O3/c1-17-4-5-18-3-2-14-11(16)8-6-9(12)15-10(13)7-8/h6-7H,2-5H2,1H3,(H,14,16). The normalized spacial score (nSPS) is 10.4. The number of halogens is 2. The van der Waals surface area contributed by atoms with Crippen LogP contribution < -0.4 is 5.32 Å². The summed E-state index contributed by atoms with van der Waals surface area (Å²) in [5.41, 5.74) is 0.372. The third-order valence-electron chi connectivity index (χ3n) is 1.99. The van der Waals surface area contributed by atoms with Crippen LogP contribution in [0.25, 0.3) is 0 Å². The molecule has 5 nitrogen and oxygen atoms in total. The monoisotopic (exact) mass is 292 g/mol. The van der Waals surface area contributed by atoms with E-state index in [1.807, 2.05) is 0 Å². The first-order valence-electron chi connectivity index (χ1n) is 5.31. The summed E-state index contributed by atoms with van der Waals surface area (Å²) in [6.45, 7) is 1.85. The largest absolute Gasteiger partial charge is 0.382 e. The van der Waals surface area contributed by atoms with Gasteiger partial charge in [-0.2, -0.15) is 0 Å². The van der Waals surface area contributed by atoms with Crippen LogP contribution in [0.2, 0.25) is 10.3 Å². The van der Waals surface area contributed by atoms with E-state index in [0.717, 1.165) is 0 Å². The van der Waals surface area contributed by atoms with Gasteiger partial charge in [-0.3, -0.25) is 4.79 Å². The molecule has 1 aromatic heterocycles. The summed E-state index contributed by atoms with van der Waals surface area (Å²) in [5.74, 6) is -0.267. The third-order valence-corrected chi connectivity index (χ3v) is 2.38. The molecular weight excluding hydrogens is 279 g/mol. The number of pyridine rings is 1. The van der Waals surface area contributed by atoms with Gasteiger partial charge in [-0.05, 0) is 12.1 Å². The Morgan fingerprint density at radius 2 is 1.94 bits per heavy atom. The summed E-state index contributed by atoms with van der Waals surface area (Å²) in [6, 6.07) is 2.91. The molecule has 1 amide bonds. The number of amides is 1. The van der Waals surface area contributed by atoms with Crippen molar-refractivity contribution in [1.29, 1.82) is 0 Å². The predicted molar refractivity (Wildman–Crippen MR) is 69.3 cm³/mol. The second-order valence-corrected chi connectivity index (χ2v) is 4.14. The molecule has 0 saturated carbocycles. The molecule has 18 heavy (non-hydrogen) atoms. The van der Waals surface area contributed by atoms with E-state index in [4.69, 9.17) is 32.7 Å². The van der Waals surface area contributed by atoms with Crippen LogP contribution in [0.15, 0.2) is 12.1 Å². The first-order valence-corrected chi connectivity index (χ1v) is 6.07. The molecule has 0 atom stereocenters. The molecule has 0 spiro atoms. The van der Waals surface area contributed by atoms with Gasteiger partial charge in [-0.25, -0.2) is 4.98 Å². The van der Waals surface area contributed by atoms with Gasteiger partial charge >= 0.3 is 0 Å². The summed E-state index contributed by atoms with van der Waals surface area (Å²) >= 11 is 11.4. The van der Waals surface area contributed by atoms with Gasteiger partial charge in [0.15, 0.2) is 0 Å². The van der Waals surface area contributed by atoms with Crippen LogP contribution >= 0.6 is 23.2 Å². The van der Waals surface area contributed by atoms with E-state index in [2.05, 4.69) is 10.3 Å². The quantitative estimate of drug-likeness (QED) is 0.615. The van der Waals surface area contributed by atoms with Crippen LogP contribution in [0.1, 0.15) is 10.4 Å². The van der Waals surface area contributed by atoms with E-state index in [0.29, 0.717) is 31.9 Å². The van der Waals surface area contributed by atoms with Gasteiger partial charge in [-0.15, -0.1) is 0 Å². The van der Waals surface area contributed by atoms with Crippen molar-refractivity contribution in [3.05, 3.63) is 28.0 Å². The van der Waals surface area contributed by atoms with Crippen molar-refractivity contribution in [2.45, 2.75) is 0 Å². The summed E-state index contributed by atoms with van der Waals surface area (Å²) in [6.07, 6.45) is 0. The van der Waals surface area contributed by atoms with Crippen LogP contribution in [0.4, 0.5) is 0 Å². The molecule has 0 aliphatic carbocycles. The summed E-state index contributed by atoms with van der Waals surface area (Å²) in [7, 11) is 1.60. The maximum Gasteiger partial charge on any atom is 0.251 e. The molecule has 7 heteroatoms. The average Bonchev–Trinajstić information content (AvgIpc) is 2.32. The topological polar surface area (TPSA) is 60.5 Å². The highest BCUT2D eigenvalue weighted by atomic mass is 35.5. The summed E-state index contributed by atoms with van der Waals surface area (Å²) in [4.78, 5) is 15.5. The number of methoxy groups -OCH3 is 1. The number of rotatable bonds is 7. The number of nitrogens with zero attached hydrogens (tertiary/aromatic N) is 1. The van der Waals surface area contributed by atoms with E-state index in [1.54, 1.807) is 7.11 Å². The zero-order chi connectivity index (χ0) is 13.4. The number of aromatic nitrogens is 1. The van der Waals surface area contributed by atoms with Crippen LogP contribution in [-0.4, -0.2) is 44.4 Å². The molecule has 0 fully saturated rings. The molecule has 1 rings (SSSR count). The minimum atomic E-state index is -0.267. The molecule has 1 heterocycles. The van der Waals surface area contributed by atoms with E-state index in [1.165, 1.54) is 12.1 Å². The Morgan fingerprint density at radius 3 is 2.56 bits per heavy atom. The van der Waals surface area contributed by atoms with Gasteiger partial charge < -0.3 is 14.8 Å². The highest BCUT2D eigenvalue weighted by Gasteiger charge is 2.07. The second kappa shape index (κ2) is 8.26. The van der Waals surface area contributed by atoms with Crippen LogP contribution in [0.3, 0.4) is 0 Å².